The second kappa shape index (κ2) is 7.88. The fraction of sp³-hybridized carbons (Fsp3) is 0.381. The topological polar surface area (TPSA) is 80.8 Å². The number of carbonyl (C=O) groups is 2. The summed E-state index contributed by atoms with van der Waals surface area (Å²) in [6.45, 7) is 3.28. The van der Waals surface area contributed by atoms with Crippen LogP contribution in [0, 0.1) is 12.8 Å². The number of benzene rings is 1. The van der Waals surface area contributed by atoms with Gasteiger partial charge in [-0.2, -0.15) is 0 Å². The predicted octanol–water partition coefficient (Wildman–Crippen LogP) is 2.93. The molecule has 0 radical (unpaired) electrons. The Hall–Kier alpha value is -3.09. The Morgan fingerprint density at radius 3 is 2.82 bits per heavy atom. The zero-order chi connectivity index (χ0) is 19.5. The van der Waals surface area contributed by atoms with Gasteiger partial charge >= 0.3 is 6.09 Å². The van der Waals surface area contributed by atoms with Gasteiger partial charge in [-0.1, -0.05) is 17.7 Å². The molecule has 2 amide bonds. The molecule has 1 aliphatic carbocycles. The fourth-order valence-electron chi connectivity index (χ4n) is 2.99. The third-order valence-electron chi connectivity index (χ3n) is 4.87. The number of anilines is 1. The fourth-order valence-corrected chi connectivity index (χ4v) is 2.99. The Kier molecular flexibility index (Phi) is 5.14. The highest BCUT2D eigenvalue weighted by molar-refractivity contribution is 5.94. The summed E-state index contributed by atoms with van der Waals surface area (Å²) in [5, 5.41) is 2.82. The quantitative estimate of drug-likeness (QED) is 0.798. The van der Waals surface area contributed by atoms with E-state index in [2.05, 4.69) is 10.3 Å². The van der Waals surface area contributed by atoms with Crippen LogP contribution in [0.3, 0.4) is 0 Å². The standard InChI is InChI=1S/C21H23N3O4/c1-14-2-6-17(7-3-14)24-12-18(28-21(24)26)11-23-20(25)16-8-9-22-19(10-16)27-13-15-4-5-15/h2-3,6-10,15,18H,4-5,11-13H2,1H3,(H,23,25)/t18-/m1/s1. The van der Waals surface area contributed by atoms with Gasteiger partial charge < -0.3 is 14.8 Å². The molecule has 146 valence electrons. The number of rotatable bonds is 7. The van der Waals surface area contributed by atoms with E-state index in [9.17, 15) is 9.59 Å². The number of nitrogens with one attached hydrogen (secondary N) is 1. The molecule has 1 aromatic carbocycles. The minimum absolute atomic E-state index is 0.244. The van der Waals surface area contributed by atoms with Gasteiger partial charge in [0.2, 0.25) is 5.88 Å². The van der Waals surface area contributed by atoms with E-state index in [-0.39, 0.29) is 12.5 Å². The number of carbonyl (C=O) groups excluding carboxylic acids is 2. The molecular weight excluding hydrogens is 358 g/mol. The molecule has 1 atom stereocenters. The lowest BCUT2D eigenvalue weighted by atomic mass is 10.2. The lowest BCUT2D eigenvalue weighted by Gasteiger charge is -2.13. The zero-order valence-electron chi connectivity index (χ0n) is 15.8. The molecule has 1 aliphatic heterocycles. The van der Waals surface area contributed by atoms with E-state index in [1.807, 2.05) is 31.2 Å². The number of aromatic nitrogens is 1. The van der Waals surface area contributed by atoms with Gasteiger partial charge in [-0.25, -0.2) is 9.78 Å². The zero-order valence-corrected chi connectivity index (χ0v) is 15.8. The molecule has 2 fully saturated rings. The first-order valence-electron chi connectivity index (χ1n) is 9.50. The molecular formula is C21H23N3O4. The Labute approximate surface area is 163 Å². The van der Waals surface area contributed by atoms with Crippen LogP contribution in [0.5, 0.6) is 5.88 Å². The number of pyridine rings is 1. The molecule has 2 aromatic rings. The average Bonchev–Trinajstić information content (AvgIpc) is 3.47. The minimum Gasteiger partial charge on any atom is -0.477 e. The molecule has 4 rings (SSSR count). The van der Waals surface area contributed by atoms with Gasteiger partial charge in [0.1, 0.15) is 6.10 Å². The molecule has 1 saturated carbocycles. The number of ether oxygens (including phenoxy) is 2. The van der Waals surface area contributed by atoms with E-state index in [1.54, 1.807) is 23.2 Å². The maximum absolute atomic E-state index is 12.4. The largest absolute Gasteiger partial charge is 0.477 e. The van der Waals surface area contributed by atoms with E-state index in [0.717, 1.165) is 11.3 Å². The van der Waals surface area contributed by atoms with E-state index in [1.165, 1.54) is 12.8 Å². The van der Waals surface area contributed by atoms with Gasteiger partial charge in [0.05, 0.1) is 19.7 Å². The van der Waals surface area contributed by atoms with E-state index >= 15 is 0 Å². The van der Waals surface area contributed by atoms with Gasteiger partial charge in [0, 0.05) is 23.5 Å². The van der Waals surface area contributed by atoms with Crippen molar-refractivity contribution in [2.24, 2.45) is 5.92 Å². The second-order valence-corrected chi connectivity index (χ2v) is 7.30. The van der Waals surface area contributed by atoms with Crippen molar-refractivity contribution in [3.05, 3.63) is 53.7 Å². The normalized spacial score (nSPS) is 18.7. The number of cyclic esters (lactones) is 1. The molecule has 1 N–H and O–H groups in total. The first kappa shape index (κ1) is 18.3. The molecule has 2 aliphatic rings. The Balaban J connectivity index is 1.30. The first-order chi connectivity index (χ1) is 13.6. The van der Waals surface area contributed by atoms with Crippen LogP contribution in [-0.2, 0) is 4.74 Å². The van der Waals surface area contributed by atoms with E-state index < -0.39 is 12.2 Å². The highest BCUT2D eigenvalue weighted by Gasteiger charge is 2.32. The van der Waals surface area contributed by atoms with Crippen molar-refractivity contribution in [3.63, 3.8) is 0 Å². The van der Waals surface area contributed by atoms with E-state index in [0.29, 0.717) is 30.5 Å². The number of hydrogen-bond acceptors (Lipinski definition) is 5. The summed E-state index contributed by atoms with van der Waals surface area (Å²) in [6.07, 6.45) is 3.15. The van der Waals surface area contributed by atoms with Crippen LogP contribution in [0.15, 0.2) is 42.6 Å². The molecule has 2 heterocycles. The molecule has 28 heavy (non-hydrogen) atoms. The smallest absolute Gasteiger partial charge is 0.414 e. The van der Waals surface area contributed by atoms with Gasteiger partial charge in [-0.3, -0.25) is 9.69 Å². The average molecular weight is 381 g/mol. The van der Waals surface area contributed by atoms with Crippen LogP contribution < -0.4 is 15.0 Å². The summed E-state index contributed by atoms with van der Waals surface area (Å²) in [5.74, 6) is 0.828. The third-order valence-corrected chi connectivity index (χ3v) is 4.87. The highest BCUT2D eigenvalue weighted by Crippen LogP contribution is 2.29. The van der Waals surface area contributed by atoms with Crippen LogP contribution >= 0.6 is 0 Å². The minimum atomic E-state index is -0.400. The number of hydrogen-bond donors (Lipinski definition) is 1. The SMILES string of the molecule is Cc1ccc(N2C[C@@H](CNC(=O)c3ccnc(OCC4CC4)c3)OC2=O)cc1. The van der Waals surface area contributed by atoms with Crippen LogP contribution in [0.4, 0.5) is 10.5 Å². The molecule has 7 heteroatoms. The Bertz CT molecular complexity index is 864. The molecule has 0 bridgehead atoms. The molecule has 7 nitrogen and oxygen atoms in total. The summed E-state index contributed by atoms with van der Waals surface area (Å²) in [5.41, 5.74) is 2.38. The van der Waals surface area contributed by atoms with Crippen LogP contribution in [0.2, 0.25) is 0 Å². The monoisotopic (exact) mass is 381 g/mol. The maximum atomic E-state index is 12.4. The lowest BCUT2D eigenvalue weighted by Crippen LogP contribution is -2.34. The van der Waals surface area contributed by atoms with Crippen LogP contribution in [0.1, 0.15) is 28.8 Å². The van der Waals surface area contributed by atoms with Crippen molar-refractivity contribution < 1.29 is 19.1 Å². The van der Waals surface area contributed by atoms with Gasteiger partial charge in [-0.05, 0) is 43.9 Å². The Morgan fingerprint density at radius 2 is 2.07 bits per heavy atom. The molecule has 0 unspecified atom stereocenters. The van der Waals surface area contributed by atoms with Crippen molar-refractivity contribution in [2.75, 3.05) is 24.6 Å². The second-order valence-electron chi connectivity index (χ2n) is 7.30. The Morgan fingerprint density at radius 1 is 1.29 bits per heavy atom. The first-order valence-corrected chi connectivity index (χ1v) is 9.50. The van der Waals surface area contributed by atoms with Crippen LogP contribution in [0.25, 0.3) is 0 Å². The highest BCUT2D eigenvalue weighted by atomic mass is 16.6. The maximum Gasteiger partial charge on any atom is 0.414 e. The summed E-state index contributed by atoms with van der Waals surface area (Å²) in [6, 6.07) is 10.9. The molecule has 1 aromatic heterocycles. The third kappa shape index (κ3) is 4.42. The number of aryl methyl sites for hydroxylation is 1. The van der Waals surface area contributed by atoms with Crippen molar-refractivity contribution >= 4 is 17.7 Å². The van der Waals surface area contributed by atoms with Gasteiger partial charge in [-0.15, -0.1) is 0 Å². The molecule has 1 saturated heterocycles. The lowest BCUT2D eigenvalue weighted by molar-refractivity contribution is 0.0915. The van der Waals surface area contributed by atoms with E-state index in [4.69, 9.17) is 9.47 Å². The van der Waals surface area contributed by atoms with Gasteiger partial charge in [0.25, 0.3) is 5.91 Å². The van der Waals surface area contributed by atoms with Crippen LogP contribution in [-0.4, -0.2) is 42.8 Å². The summed E-state index contributed by atoms with van der Waals surface area (Å²) < 4.78 is 11.0. The van der Waals surface area contributed by atoms with Crippen molar-refractivity contribution in [1.29, 1.82) is 0 Å². The van der Waals surface area contributed by atoms with Crippen molar-refractivity contribution in [2.45, 2.75) is 25.9 Å². The van der Waals surface area contributed by atoms with Crippen molar-refractivity contribution in [1.82, 2.24) is 10.3 Å². The summed E-state index contributed by atoms with van der Waals surface area (Å²) >= 11 is 0. The van der Waals surface area contributed by atoms with Crippen molar-refractivity contribution in [3.8, 4) is 5.88 Å². The van der Waals surface area contributed by atoms with Gasteiger partial charge in [0.15, 0.2) is 0 Å². The summed E-state index contributed by atoms with van der Waals surface area (Å²) in [7, 11) is 0. The number of amides is 2. The predicted molar refractivity (Wildman–Crippen MR) is 104 cm³/mol. The summed E-state index contributed by atoms with van der Waals surface area (Å²) in [4.78, 5) is 30.3. The molecule has 0 spiro atoms. The number of nitrogens with zero attached hydrogens (tertiary/aromatic N) is 2.